The van der Waals surface area contributed by atoms with Crippen LogP contribution in [0.4, 0.5) is 0 Å². The van der Waals surface area contributed by atoms with Gasteiger partial charge in [0, 0.05) is 6.08 Å². The molecule has 0 bridgehead atoms. The summed E-state index contributed by atoms with van der Waals surface area (Å²) < 4.78 is 5.04. The van der Waals surface area contributed by atoms with Crippen LogP contribution in [0.5, 0.6) is 0 Å². The zero-order valence-electron chi connectivity index (χ0n) is 11.3. The molecule has 2 heteroatoms. The van der Waals surface area contributed by atoms with E-state index in [0.29, 0.717) is 6.61 Å². The van der Waals surface area contributed by atoms with Crippen LogP contribution in [0, 0.1) is 5.41 Å². The second kappa shape index (κ2) is 4.97. The van der Waals surface area contributed by atoms with Gasteiger partial charge >= 0.3 is 5.97 Å². The van der Waals surface area contributed by atoms with Crippen LogP contribution in [-0.4, -0.2) is 12.6 Å². The summed E-state index contributed by atoms with van der Waals surface area (Å²) in [5.41, 5.74) is 3.65. The van der Waals surface area contributed by atoms with Crippen molar-refractivity contribution in [2.24, 2.45) is 5.41 Å². The second-order valence-corrected chi connectivity index (χ2v) is 5.35. The highest BCUT2D eigenvalue weighted by molar-refractivity contribution is 5.93. The van der Waals surface area contributed by atoms with Crippen LogP contribution < -0.4 is 0 Å². The van der Waals surface area contributed by atoms with Crippen molar-refractivity contribution in [1.29, 1.82) is 0 Å². The average molecular weight is 244 g/mol. The summed E-state index contributed by atoms with van der Waals surface area (Å²) in [6, 6.07) is 8.32. The van der Waals surface area contributed by atoms with Crippen LogP contribution in [0.3, 0.4) is 0 Å². The molecule has 1 aliphatic carbocycles. The van der Waals surface area contributed by atoms with Gasteiger partial charge in [-0.2, -0.15) is 0 Å². The maximum absolute atomic E-state index is 11.7. The van der Waals surface area contributed by atoms with Gasteiger partial charge in [0.2, 0.25) is 0 Å². The van der Waals surface area contributed by atoms with Gasteiger partial charge in [0.05, 0.1) is 6.61 Å². The molecule has 96 valence electrons. The van der Waals surface area contributed by atoms with Gasteiger partial charge in [-0.1, -0.05) is 38.1 Å². The third-order valence-corrected chi connectivity index (χ3v) is 3.60. The number of carbonyl (C=O) groups excluding carboxylic acids is 1. The Bertz CT molecular complexity index is 484. The lowest BCUT2D eigenvalue weighted by Crippen LogP contribution is -2.22. The fourth-order valence-corrected chi connectivity index (χ4v) is 2.52. The van der Waals surface area contributed by atoms with Gasteiger partial charge in [-0.05, 0) is 41.9 Å². The largest absolute Gasteiger partial charge is 0.463 e. The Morgan fingerprint density at radius 3 is 2.83 bits per heavy atom. The summed E-state index contributed by atoms with van der Waals surface area (Å²) in [4.78, 5) is 11.7. The summed E-state index contributed by atoms with van der Waals surface area (Å²) in [5, 5.41) is 0. The number of aryl methyl sites for hydroxylation is 1. The highest BCUT2D eigenvalue weighted by Crippen LogP contribution is 2.44. The Kier molecular flexibility index (Phi) is 3.55. The van der Waals surface area contributed by atoms with E-state index in [1.54, 1.807) is 6.08 Å². The normalized spacial score (nSPS) is 19.4. The van der Waals surface area contributed by atoms with Gasteiger partial charge in [-0.3, -0.25) is 0 Å². The molecule has 2 nitrogen and oxygen atoms in total. The predicted molar refractivity (Wildman–Crippen MR) is 73.2 cm³/mol. The van der Waals surface area contributed by atoms with Gasteiger partial charge in [0.25, 0.3) is 0 Å². The summed E-state index contributed by atoms with van der Waals surface area (Å²) >= 11 is 0. The minimum Gasteiger partial charge on any atom is -0.463 e. The second-order valence-electron chi connectivity index (χ2n) is 5.35. The molecule has 0 spiro atoms. The van der Waals surface area contributed by atoms with Gasteiger partial charge in [-0.25, -0.2) is 4.79 Å². The Morgan fingerprint density at radius 1 is 1.39 bits per heavy atom. The molecule has 0 heterocycles. The standard InChI is InChI=1S/C16H20O2/c1-4-18-15(17)11-14-13-8-6-5-7-12(13)9-10-16(14,2)3/h5-8,11H,4,9-10H2,1-3H3/b14-11-. The quantitative estimate of drug-likeness (QED) is 0.587. The van der Waals surface area contributed by atoms with Crippen molar-refractivity contribution < 1.29 is 9.53 Å². The first-order valence-corrected chi connectivity index (χ1v) is 6.52. The van der Waals surface area contributed by atoms with E-state index in [-0.39, 0.29) is 11.4 Å². The highest BCUT2D eigenvalue weighted by Gasteiger charge is 2.30. The van der Waals surface area contributed by atoms with Crippen LogP contribution >= 0.6 is 0 Å². The van der Waals surface area contributed by atoms with E-state index in [0.717, 1.165) is 18.4 Å². The molecule has 0 radical (unpaired) electrons. The molecule has 0 fully saturated rings. The van der Waals surface area contributed by atoms with Gasteiger partial charge < -0.3 is 4.74 Å². The number of esters is 1. The number of rotatable bonds is 2. The Labute approximate surface area is 109 Å². The van der Waals surface area contributed by atoms with E-state index in [1.807, 2.05) is 13.0 Å². The number of hydrogen-bond donors (Lipinski definition) is 0. The predicted octanol–water partition coefficient (Wildman–Crippen LogP) is 3.61. The van der Waals surface area contributed by atoms with Crippen LogP contribution in [0.25, 0.3) is 5.57 Å². The van der Waals surface area contributed by atoms with Gasteiger partial charge in [-0.15, -0.1) is 0 Å². The van der Waals surface area contributed by atoms with E-state index in [2.05, 4.69) is 32.0 Å². The van der Waals surface area contributed by atoms with Crippen molar-refractivity contribution in [2.45, 2.75) is 33.6 Å². The minimum absolute atomic E-state index is 0.0289. The first-order valence-electron chi connectivity index (χ1n) is 6.52. The van der Waals surface area contributed by atoms with Crippen molar-refractivity contribution in [3.05, 3.63) is 41.5 Å². The topological polar surface area (TPSA) is 26.3 Å². The molecule has 18 heavy (non-hydrogen) atoms. The number of ether oxygens (including phenoxy) is 1. The van der Waals surface area contributed by atoms with E-state index in [4.69, 9.17) is 4.74 Å². The third kappa shape index (κ3) is 2.47. The molecular weight excluding hydrogens is 224 g/mol. The van der Waals surface area contributed by atoms with Crippen LogP contribution in [-0.2, 0) is 16.0 Å². The summed E-state index contributed by atoms with van der Waals surface area (Å²) in [7, 11) is 0. The fraction of sp³-hybridized carbons (Fsp3) is 0.438. The Balaban J connectivity index is 2.45. The molecule has 0 saturated carbocycles. The van der Waals surface area contributed by atoms with E-state index >= 15 is 0 Å². The number of benzene rings is 1. The molecule has 0 atom stereocenters. The fourth-order valence-electron chi connectivity index (χ4n) is 2.52. The monoisotopic (exact) mass is 244 g/mol. The maximum atomic E-state index is 11.7. The molecular formula is C16H20O2. The maximum Gasteiger partial charge on any atom is 0.331 e. The van der Waals surface area contributed by atoms with Crippen molar-refractivity contribution >= 4 is 11.5 Å². The van der Waals surface area contributed by atoms with Gasteiger partial charge in [0.15, 0.2) is 0 Å². The number of fused-ring (bicyclic) bond motifs is 1. The molecule has 1 aromatic rings. The average Bonchev–Trinajstić information content (AvgIpc) is 2.33. The van der Waals surface area contributed by atoms with Crippen molar-refractivity contribution in [1.82, 2.24) is 0 Å². The van der Waals surface area contributed by atoms with E-state index in [9.17, 15) is 4.79 Å². The molecule has 0 aromatic heterocycles. The highest BCUT2D eigenvalue weighted by atomic mass is 16.5. The molecule has 2 rings (SSSR count). The van der Waals surface area contributed by atoms with Crippen LogP contribution in [0.2, 0.25) is 0 Å². The zero-order chi connectivity index (χ0) is 13.2. The van der Waals surface area contributed by atoms with E-state index < -0.39 is 0 Å². The van der Waals surface area contributed by atoms with Crippen LogP contribution in [0.1, 0.15) is 38.3 Å². The summed E-state index contributed by atoms with van der Waals surface area (Å²) in [5.74, 6) is -0.239. The first-order chi connectivity index (χ1) is 8.54. The van der Waals surface area contributed by atoms with Gasteiger partial charge in [0.1, 0.15) is 0 Å². The molecule has 1 aliphatic rings. The lowest BCUT2D eigenvalue weighted by molar-refractivity contribution is -0.137. The molecule has 0 N–H and O–H groups in total. The third-order valence-electron chi connectivity index (χ3n) is 3.60. The Hall–Kier alpha value is -1.57. The van der Waals surface area contributed by atoms with Crippen molar-refractivity contribution in [3.8, 4) is 0 Å². The van der Waals surface area contributed by atoms with Crippen LogP contribution in [0.15, 0.2) is 30.3 Å². The van der Waals surface area contributed by atoms with Crippen molar-refractivity contribution in [2.75, 3.05) is 6.61 Å². The molecule has 0 saturated heterocycles. The SMILES string of the molecule is CCOC(=O)/C=C1/c2ccccc2CCC1(C)C. The zero-order valence-corrected chi connectivity index (χ0v) is 11.3. The number of allylic oxidation sites excluding steroid dienone is 1. The number of hydrogen-bond acceptors (Lipinski definition) is 2. The Morgan fingerprint density at radius 2 is 2.11 bits per heavy atom. The number of carbonyl (C=O) groups is 1. The summed E-state index contributed by atoms with van der Waals surface area (Å²) in [6.07, 6.45) is 3.81. The minimum atomic E-state index is -0.239. The lowest BCUT2D eigenvalue weighted by atomic mass is 9.70. The molecule has 0 unspecified atom stereocenters. The molecule has 0 aliphatic heterocycles. The molecule has 1 aromatic carbocycles. The first kappa shape index (κ1) is 12.9. The van der Waals surface area contributed by atoms with E-state index in [1.165, 1.54) is 11.1 Å². The smallest absolute Gasteiger partial charge is 0.331 e. The van der Waals surface area contributed by atoms with Crippen molar-refractivity contribution in [3.63, 3.8) is 0 Å². The summed E-state index contributed by atoms with van der Waals surface area (Å²) in [6.45, 7) is 6.63. The lowest BCUT2D eigenvalue weighted by Gasteiger charge is -2.34. The molecule has 0 amide bonds.